The molecule has 2 aliphatic heterocycles. The van der Waals surface area contributed by atoms with Gasteiger partial charge in [-0.1, -0.05) is 6.92 Å². The van der Waals surface area contributed by atoms with Crippen LogP contribution in [0.2, 0.25) is 0 Å². The fourth-order valence-electron chi connectivity index (χ4n) is 4.33. The monoisotopic (exact) mass is 424 g/mol. The molecule has 0 radical (unpaired) electrons. The molecule has 1 unspecified atom stereocenters. The maximum atomic E-state index is 12.6. The Labute approximate surface area is 175 Å². The van der Waals surface area contributed by atoms with Crippen LogP contribution in [0.1, 0.15) is 53.9 Å². The van der Waals surface area contributed by atoms with Gasteiger partial charge in [0.15, 0.2) is 6.10 Å². The third-order valence-corrected chi connectivity index (χ3v) is 5.89. The molecule has 1 aliphatic carbocycles. The minimum atomic E-state index is -0.802. The number of ether oxygens (including phenoxy) is 5. The van der Waals surface area contributed by atoms with Crippen LogP contribution in [0.3, 0.4) is 0 Å². The van der Waals surface area contributed by atoms with Crippen LogP contribution in [0.4, 0.5) is 0 Å². The van der Waals surface area contributed by atoms with Crippen molar-refractivity contribution in [2.75, 3.05) is 6.61 Å². The lowest BCUT2D eigenvalue weighted by atomic mass is 9.82. The maximum Gasteiger partial charge on any atom is 0.338 e. The first-order chi connectivity index (χ1) is 14.0. The summed E-state index contributed by atoms with van der Waals surface area (Å²) in [4.78, 5) is 47.4. The average Bonchev–Trinajstić information content (AvgIpc) is 3.18. The first kappa shape index (κ1) is 22.3. The SMILES string of the molecule is CC(=O)OCC1=C2C(OC(C)=O)C[C@@H](C)[C@@H](OC(C)=O)CC[C@@]3(C)O[C@@H]3[C@H]2OC1=O. The van der Waals surface area contributed by atoms with Gasteiger partial charge < -0.3 is 23.7 Å². The number of carbonyl (C=O) groups excluding carboxylic acids is 4. The van der Waals surface area contributed by atoms with Crippen LogP contribution in [-0.2, 0) is 42.9 Å². The maximum absolute atomic E-state index is 12.6. The van der Waals surface area contributed by atoms with E-state index in [0.717, 1.165) is 0 Å². The fourth-order valence-corrected chi connectivity index (χ4v) is 4.33. The largest absolute Gasteiger partial charge is 0.462 e. The predicted octanol–water partition coefficient (Wildman–Crippen LogP) is 1.61. The van der Waals surface area contributed by atoms with Crippen molar-refractivity contribution in [2.45, 2.75) is 83.9 Å². The van der Waals surface area contributed by atoms with Crippen molar-refractivity contribution in [3.05, 3.63) is 11.1 Å². The number of carbonyl (C=O) groups is 4. The highest BCUT2D eigenvalue weighted by atomic mass is 16.7. The van der Waals surface area contributed by atoms with E-state index in [0.29, 0.717) is 24.8 Å². The Balaban J connectivity index is 2.02. The Morgan fingerprint density at radius 2 is 1.77 bits per heavy atom. The van der Waals surface area contributed by atoms with Crippen molar-refractivity contribution in [1.29, 1.82) is 0 Å². The summed E-state index contributed by atoms with van der Waals surface area (Å²) < 4.78 is 27.7. The molecule has 0 amide bonds. The fraction of sp³-hybridized carbons (Fsp3) is 0.714. The predicted molar refractivity (Wildman–Crippen MR) is 101 cm³/mol. The molecule has 0 aromatic rings. The van der Waals surface area contributed by atoms with Gasteiger partial charge in [0.1, 0.15) is 24.9 Å². The normalized spacial score (nSPS) is 35.5. The Bertz CT molecular complexity index is 785. The zero-order valence-corrected chi connectivity index (χ0v) is 17.9. The summed E-state index contributed by atoms with van der Waals surface area (Å²) in [6.45, 7) is 7.41. The zero-order valence-electron chi connectivity index (χ0n) is 17.9. The molecule has 2 heterocycles. The van der Waals surface area contributed by atoms with E-state index in [9.17, 15) is 19.2 Å². The van der Waals surface area contributed by atoms with Gasteiger partial charge >= 0.3 is 23.9 Å². The smallest absolute Gasteiger partial charge is 0.338 e. The highest BCUT2D eigenvalue weighted by Gasteiger charge is 2.62. The molecule has 30 heavy (non-hydrogen) atoms. The van der Waals surface area contributed by atoms with Gasteiger partial charge in [-0.05, 0) is 32.1 Å². The number of esters is 4. The molecule has 3 rings (SSSR count). The van der Waals surface area contributed by atoms with Crippen molar-refractivity contribution < 1.29 is 42.9 Å². The van der Waals surface area contributed by atoms with Crippen LogP contribution in [0.15, 0.2) is 11.1 Å². The topological polar surface area (TPSA) is 118 Å². The summed E-state index contributed by atoms with van der Waals surface area (Å²) >= 11 is 0. The van der Waals surface area contributed by atoms with E-state index in [1.165, 1.54) is 20.8 Å². The molecule has 9 heteroatoms. The highest BCUT2D eigenvalue weighted by molar-refractivity contribution is 5.93. The molecule has 0 N–H and O–H groups in total. The second kappa shape index (κ2) is 8.37. The Morgan fingerprint density at radius 3 is 2.37 bits per heavy atom. The summed E-state index contributed by atoms with van der Waals surface area (Å²) in [5.74, 6) is -2.24. The standard InChI is InChI=1S/C21H28O9/c1-10-8-16(28-13(4)24)17-14(9-26-11(2)22)20(25)29-18(17)19-21(5,30-19)7-6-15(10)27-12(3)23/h10,15-16,18-19H,6-9H2,1-5H3/t10-,15+,16?,18+,19-,21-/m1/s1. The van der Waals surface area contributed by atoms with Crippen LogP contribution in [-0.4, -0.2) is 60.5 Å². The van der Waals surface area contributed by atoms with Gasteiger partial charge in [-0.2, -0.15) is 0 Å². The molecule has 3 aliphatic rings. The lowest BCUT2D eigenvalue weighted by Crippen LogP contribution is -2.37. The van der Waals surface area contributed by atoms with Gasteiger partial charge in [0, 0.05) is 26.3 Å². The average molecular weight is 424 g/mol. The van der Waals surface area contributed by atoms with E-state index < -0.39 is 53.9 Å². The van der Waals surface area contributed by atoms with E-state index >= 15 is 0 Å². The number of fused-ring (bicyclic) bond motifs is 3. The second-order valence-electron chi connectivity index (χ2n) is 8.39. The second-order valence-corrected chi connectivity index (χ2v) is 8.39. The highest BCUT2D eigenvalue weighted by Crippen LogP contribution is 2.50. The molecule has 9 nitrogen and oxygen atoms in total. The van der Waals surface area contributed by atoms with E-state index in [2.05, 4.69) is 0 Å². The Morgan fingerprint density at radius 1 is 1.10 bits per heavy atom. The van der Waals surface area contributed by atoms with Crippen molar-refractivity contribution in [3.63, 3.8) is 0 Å². The molecule has 0 aromatic carbocycles. The minimum absolute atomic E-state index is 0.163. The first-order valence-corrected chi connectivity index (χ1v) is 10.1. The van der Waals surface area contributed by atoms with Crippen LogP contribution in [0.25, 0.3) is 0 Å². The molecule has 1 saturated heterocycles. The molecule has 0 spiro atoms. The molecule has 0 aromatic heterocycles. The lowest BCUT2D eigenvalue weighted by molar-refractivity contribution is -0.153. The minimum Gasteiger partial charge on any atom is -0.462 e. The van der Waals surface area contributed by atoms with Gasteiger partial charge in [0.2, 0.25) is 0 Å². The molecular weight excluding hydrogens is 396 g/mol. The van der Waals surface area contributed by atoms with E-state index in [4.69, 9.17) is 23.7 Å². The Hall–Kier alpha value is -2.42. The van der Waals surface area contributed by atoms with Crippen LogP contribution in [0.5, 0.6) is 0 Å². The molecule has 166 valence electrons. The summed E-state index contributed by atoms with van der Waals surface area (Å²) in [5, 5.41) is 0. The summed E-state index contributed by atoms with van der Waals surface area (Å²) in [6.07, 6.45) is -0.851. The van der Waals surface area contributed by atoms with Crippen molar-refractivity contribution in [3.8, 4) is 0 Å². The van der Waals surface area contributed by atoms with Crippen LogP contribution >= 0.6 is 0 Å². The third-order valence-electron chi connectivity index (χ3n) is 5.89. The lowest BCUT2D eigenvalue weighted by Gasteiger charge is -2.31. The number of rotatable bonds is 4. The number of hydrogen-bond donors (Lipinski definition) is 0. The quantitative estimate of drug-likeness (QED) is 0.377. The van der Waals surface area contributed by atoms with E-state index in [-0.39, 0.29) is 18.1 Å². The molecule has 0 bridgehead atoms. The molecular formula is C21H28O9. The number of epoxide rings is 1. The summed E-state index contributed by atoms with van der Waals surface area (Å²) in [5.41, 5.74) is 0.0557. The zero-order chi connectivity index (χ0) is 22.2. The van der Waals surface area contributed by atoms with Gasteiger partial charge in [0.05, 0.1) is 11.2 Å². The van der Waals surface area contributed by atoms with Crippen molar-refractivity contribution in [1.82, 2.24) is 0 Å². The van der Waals surface area contributed by atoms with Gasteiger partial charge in [-0.15, -0.1) is 0 Å². The van der Waals surface area contributed by atoms with E-state index in [1.54, 1.807) is 0 Å². The summed E-state index contributed by atoms with van der Waals surface area (Å²) in [6, 6.07) is 0. The summed E-state index contributed by atoms with van der Waals surface area (Å²) in [7, 11) is 0. The van der Waals surface area contributed by atoms with Gasteiger partial charge in [-0.25, -0.2) is 4.79 Å². The van der Waals surface area contributed by atoms with Gasteiger partial charge in [-0.3, -0.25) is 14.4 Å². The molecule has 1 saturated carbocycles. The number of hydrogen-bond acceptors (Lipinski definition) is 9. The van der Waals surface area contributed by atoms with Crippen LogP contribution in [0, 0.1) is 5.92 Å². The van der Waals surface area contributed by atoms with Gasteiger partial charge in [0.25, 0.3) is 0 Å². The first-order valence-electron chi connectivity index (χ1n) is 10.1. The van der Waals surface area contributed by atoms with E-state index in [1.807, 2.05) is 13.8 Å². The third kappa shape index (κ3) is 4.66. The molecule has 6 atom stereocenters. The van der Waals surface area contributed by atoms with Crippen molar-refractivity contribution in [2.24, 2.45) is 5.92 Å². The van der Waals surface area contributed by atoms with Crippen LogP contribution < -0.4 is 0 Å². The molecule has 2 fully saturated rings. The Kier molecular flexibility index (Phi) is 6.21. The van der Waals surface area contributed by atoms with Crippen molar-refractivity contribution >= 4 is 23.9 Å².